The number of hydrogen-bond donors (Lipinski definition) is 3. The number of nitrogens with zero attached hydrogens (tertiary/aromatic N) is 1. The Morgan fingerprint density at radius 3 is 2.37 bits per heavy atom. The number of unbranched alkanes of at least 4 members (excludes halogenated alkanes) is 13. The smallest absolute Gasteiger partial charge is 0.220 e. The Balaban J connectivity index is 1.74. The zero-order chi connectivity index (χ0) is 29.4. The van der Waals surface area contributed by atoms with Gasteiger partial charge in [-0.25, -0.2) is 4.98 Å². The molecule has 2 heterocycles. The van der Waals surface area contributed by atoms with Crippen molar-refractivity contribution in [1.29, 1.82) is 0 Å². The van der Waals surface area contributed by atoms with Gasteiger partial charge in [0, 0.05) is 13.0 Å². The lowest BCUT2D eigenvalue weighted by molar-refractivity contribution is -0.123. The fraction of sp³-hybridized carbons (Fsp3) is 0.657. The first-order chi connectivity index (χ1) is 20.1. The van der Waals surface area contributed by atoms with Crippen molar-refractivity contribution in [3.63, 3.8) is 0 Å². The summed E-state index contributed by atoms with van der Waals surface area (Å²) >= 11 is 0. The number of aliphatic hydroxyl groups excluding tert-OH is 1. The van der Waals surface area contributed by atoms with E-state index in [1.807, 2.05) is 36.4 Å². The van der Waals surface area contributed by atoms with Crippen molar-refractivity contribution in [2.24, 2.45) is 0 Å². The molecular weight excluding hydrogens is 510 g/mol. The maximum Gasteiger partial charge on any atom is 0.220 e. The number of ether oxygens (including phenoxy) is 1. The van der Waals surface area contributed by atoms with Crippen molar-refractivity contribution in [2.45, 2.75) is 135 Å². The first kappa shape index (κ1) is 34.8. The van der Waals surface area contributed by atoms with Crippen molar-refractivity contribution in [3.05, 3.63) is 60.0 Å². The van der Waals surface area contributed by atoms with Crippen LogP contribution in [0.2, 0.25) is 0 Å². The second-order valence-electron chi connectivity index (χ2n) is 11.3. The van der Waals surface area contributed by atoms with E-state index in [0.717, 1.165) is 55.7 Å². The van der Waals surface area contributed by atoms with Gasteiger partial charge in [-0.1, -0.05) is 121 Å². The molecule has 2 atom stereocenters. The van der Waals surface area contributed by atoms with E-state index in [0.29, 0.717) is 13.0 Å². The van der Waals surface area contributed by atoms with Crippen molar-refractivity contribution >= 4 is 11.6 Å². The summed E-state index contributed by atoms with van der Waals surface area (Å²) in [5.74, 6) is -0.0339. The van der Waals surface area contributed by atoms with Gasteiger partial charge in [0.2, 0.25) is 5.91 Å². The molecule has 6 nitrogen and oxygen atoms in total. The zero-order valence-corrected chi connectivity index (χ0v) is 25.9. The molecule has 1 aliphatic rings. The molecule has 0 bridgehead atoms. The van der Waals surface area contributed by atoms with Gasteiger partial charge in [0.15, 0.2) is 0 Å². The normalized spacial score (nSPS) is 14.6. The third-order valence-electron chi connectivity index (χ3n) is 7.51. The van der Waals surface area contributed by atoms with Gasteiger partial charge in [-0.3, -0.25) is 4.79 Å². The molecule has 0 aliphatic carbocycles. The third kappa shape index (κ3) is 16.6. The minimum atomic E-state index is -0.791. The van der Waals surface area contributed by atoms with Crippen LogP contribution >= 0.6 is 0 Å². The van der Waals surface area contributed by atoms with Crippen LogP contribution in [0.4, 0.5) is 0 Å². The number of nitrogens with one attached hydrogen (secondary N) is 2. The Hall–Kier alpha value is -2.44. The fourth-order valence-electron chi connectivity index (χ4n) is 4.97. The molecule has 0 aromatic carbocycles. The second kappa shape index (κ2) is 23.2. The van der Waals surface area contributed by atoms with E-state index in [4.69, 9.17) is 9.72 Å². The summed E-state index contributed by atoms with van der Waals surface area (Å²) in [6.07, 6.45) is 28.1. The lowest BCUT2D eigenvalue weighted by Crippen LogP contribution is -2.45. The van der Waals surface area contributed by atoms with E-state index >= 15 is 0 Å². The van der Waals surface area contributed by atoms with Gasteiger partial charge in [0.05, 0.1) is 42.4 Å². The zero-order valence-electron chi connectivity index (χ0n) is 25.9. The number of aliphatic hydroxyl groups is 1. The van der Waals surface area contributed by atoms with Crippen LogP contribution in [0.1, 0.15) is 128 Å². The third-order valence-corrected chi connectivity index (χ3v) is 7.51. The van der Waals surface area contributed by atoms with Gasteiger partial charge >= 0.3 is 0 Å². The summed E-state index contributed by atoms with van der Waals surface area (Å²) in [6.45, 7) is 5.72. The molecule has 1 aliphatic heterocycles. The molecule has 1 aromatic rings. The largest absolute Gasteiger partial charge is 0.387 e. The molecule has 1 amide bonds. The van der Waals surface area contributed by atoms with Crippen molar-refractivity contribution < 1.29 is 14.6 Å². The summed E-state index contributed by atoms with van der Waals surface area (Å²) < 4.78 is 5.97. The minimum Gasteiger partial charge on any atom is -0.387 e. The van der Waals surface area contributed by atoms with Gasteiger partial charge in [-0.05, 0) is 37.5 Å². The lowest BCUT2D eigenvalue weighted by Gasteiger charge is -2.22. The van der Waals surface area contributed by atoms with Crippen LogP contribution in [0, 0.1) is 0 Å². The Morgan fingerprint density at radius 1 is 1.00 bits per heavy atom. The molecule has 1 unspecified atom stereocenters. The SMILES string of the molecule is CCCCCCCCCCCCC/C=C/[C@@H](O)C(COCc1cccc(C2=CC=CCN2)n1)NC(=O)CCCCC. The van der Waals surface area contributed by atoms with Crippen LogP contribution in [0.3, 0.4) is 0 Å². The topological polar surface area (TPSA) is 83.5 Å². The number of carbonyl (C=O) groups excluding carboxylic acids is 1. The number of dihydropyridines is 1. The number of carbonyl (C=O) groups is 1. The monoisotopic (exact) mass is 567 g/mol. The Bertz CT molecular complexity index is 912. The predicted molar refractivity (Wildman–Crippen MR) is 171 cm³/mol. The highest BCUT2D eigenvalue weighted by Gasteiger charge is 2.20. The maximum absolute atomic E-state index is 12.5. The molecule has 1 aromatic heterocycles. The highest BCUT2D eigenvalue weighted by Crippen LogP contribution is 2.14. The lowest BCUT2D eigenvalue weighted by atomic mass is 10.0. The maximum atomic E-state index is 12.5. The van der Waals surface area contributed by atoms with Crippen molar-refractivity contribution in [2.75, 3.05) is 13.2 Å². The number of hydrogen-bond acceptors (Lipinski definition) is 5. The van der Waals surface area contributed by atoms with Gasteiger partial charge in [-0.2, -0.15) is 0 Å². The molecule has 0 saturated heterocycles. The quantitative estimate of drug-likeness (QED) is 0.0877. The summed E-state index contributed by atoms with van der Waals surface area (Å²) in [4.78, 5) is 17.3. The fourth-order valence-corrected chi connectivity index (χ4v) is 4.97. The number of amides is 1. The first-order valence-corrected chi connectivity index (χ1v) is 16.4. The van der Waals surface area contributed by atoms with E-state index in [2.05, 4.69) is 36.6 Å². The molecule has 0 radical (unpaired) electrons. The van der Waals surface area contributed by atoms with E-state index in [1.165, 1.54) is 64.2 Å². The standard InChI is InChI=1S/C35H57N3O3/c1-3-5-7-8-9-10-11-12-13-14-15-16-18-25-34(39)33(38-35(40)26-17-6-4-2)29-41-28-30-22-21-24-32(37-30)31-23-19-20-27-36-31/h18-25,33-34,36,39H,3-17,26-29H2,1-2H3,(H,38,40)/b25-18+/t33?,34-/m1/s1. The molecule has 0 saturated carbocycles. The van der Waals surface area contributed by atoms with E-state index in [1.54, 1.807) is 0 Å². The van der Waals surface area contributed by atoms with E-state index in [-0.39, 0.29) is 12.5 Å². The van der Waals surface area contributed by atoms with Crippen LogP contribution in [-0.2, 0) is 16.1 Å². The molecule has 3 N–H and O–H groups in total. The Morgan fingerprint density at radius 2 is 1.68 bits per heavy atom. The molecule has 41 heavy (non-hydrogen) atoms. The predicted octanol–water partition coefficient (Wildman–Crippen LogP) is 7.78. The molecule has 6 heteroatoms. The second-order valence-corrected chi connectivity index (χ2v) is 11.3. The van der Waals surface area contributed by atoms with Gasteiger partial charge in [-0.15, -0.1) is 0 Å². The first-order valence-electron chi connectivity index (χ1n) is 16.4. The van der Waals surface area contributed by atoms with Gasteiger partial charge in [0.1, 0.15) is 0 Å². The molecule has 0 fully saturated rings. The van der Waals surface area contributed by atoms with Crippen LogP contribution < -0.4 is 10.6 Å². The average molecular weight is 568 g/mol. The highest BCUT2D eigenvalue weighted by molar-refractivity contribution is 5.76. The molecule has 230 valence electrons. The molecular formula is C35H57N3O3. The number of rotatable bonds is 24. The summed E-state index contributed by atoms with van der Waals surface area (Å²) in [7, 11) is 0. The highest BCUT2D eigenvalue weighted by atomic mass is 16.5. The van der Waals surface area contributed by atoms with Crippen molar-refractivity contribution in [1.82, 2.24) is 15.6 Å². The number of aromatic nitrogens is 1. The summed E-state index contributed by atoms with van der Waals surface area (Å²) in [5.41, 5.74) is 2.68. The summed E-state index contributed by atoms with van der Waals surface area (Å²) in [6, 6.07) is 5.39. The number of pyridine rings is 1. The minimum absolute atomic E-state index is 0.0339. The van der Waals surface area contributed by atoms with Crippen LogP contribution in [0.5, 0.6) is 0 Å². The van der Waals surface area contributed by atoms with Crippen LogP contribution in [0.15, 0.2) is 48.6 Å². The van der Waals surface area contributed by atoms with E-state index in [9.17, 15) is 9.90 Å². The van der Waals surface area contributed by atoms with E-state index < -0.39 is 12.1 Å². The van der Waals surface area contributed by atoms with Gasteiger partial charge < -0.3 is 20.5 Å². The Labute approximate surface area is 250 Å². The average Bonchev–Trinajstić information content (AvgIpc) is 2.99. The molecule has 2 rings (SSSR count). The summed E-state index contributed by atoms with van der Waals surface area (Å²) in [5, 5.41) is 17.2. The van der Waals surface area contributed by atoms with Gasteiger partial charge in [0.25, 0.3) is 0 Å². The number of allylic oxidation sites excluding steroid dienone is 3. The van der Waals surface area contributed by atoms with Crippen molar-refractivity contribution in [3.8, 4) is 0 Å². The molecule has 0 spiro atoms. The van der Waals surface area contributed by atoms with Crippen LogP contribution in [-0.4, -0.2) is 41.3 Å². The van der Waals surface area contributed by atoms with Crippen LogP contribution in [0.25, 0.3) is 5.70 Å². The Kier molecular flexibility index (Phi) is 19.6.